The molecule has 0 aromatic carbocycles. The Morgan fingerprint density at radius 2 is 2.00 bits per heavy atom. The van der Waals surface area contributed by atoms with Crippen molar-refractivity contribution in [1.29, 1.82) is 0 Å². The molecule has 2 amide bonds. The van der Waals surface area contributed by atoms with Gasteiger partial charge in [-0.1, -0.05) is 0 Å². The van der Waals surface area contributed by atoms with Gasteiger partial charge in [-0.15, -0.1) is 0 Å². The first-order valence-electron chi connectivity index (χ1n) is 11.1. The Hall–Kier alpha value is -2.71. The maximum Gasteiger partial charge on any atom is 0.287 e. The van der Waals surface area contributed by atoms with E-state index in [4.69, 9.17) is 0 Å². The molecule has 0 radical (unpaired) electrons. The zero-order valence-corrected chi connectivity index (χ0v) is 17.6. The topological polar surface area (TPSA) is 105 Å². The highest BCUT2D eigenvalue weighted by atomic mass is 16.2. The SMILES string of the molecule is CCn1c(C(=O)N[C@@H](C)C2CC2)nc2c(N[C@H]3CCN(C(=O)C4CC4)C3)ncnc21. The van der Waals surface area contributed by atoms with Crippen LogP contribution >= 0.6 is 0 Å². The number of likely N-dealkylation sites (tertiary alicyclic amines) is 1. The van der Waals surface area contributed by atoms with Gasteiger partial charge in [-0.3, -0.25) is 9.59 Å². The van der Waals surface area contributed by atoms with Gasteiger partial charge in [-0.25, -0.2) is 15.0 Å². The summed E-state index contributed by atoms with van der Waals surface area (Å²) in [5.74, 6) is 1.94. The van der Waals surface area contributed by atoms with Gasteiger partial charge in [-0.05, 0) is 51.9 Å². The van der Waals surface area contributed by atoms with Crippen LogP contribution in [0.5, 0.6) is 0 Å². The van der Waals surface area contributed by atoms with Gasteiger partial charge in [0.25, 0.3) is 5.91 Å². The fourth-order valence-electron chi connectivity index (χ4n) is 4.36. The van der Waals surface area contributed by atoms with Crippen molar-refractivity contribution >= 4 is 28.8 Å². The monoisotopic (exact) mass is 411 g/mol. The number of aromatic nitrogens is 4. The van der Waals surface area contributed by atoms with Gasteiger partial charge in [0, 0.05) is 37.6 Å². The molecule has 2 aromatic rings. The third-order valence-electron chi connectivity index (χ3n) is 6.51. The third kappa shape index (κ3) is 3.61. The Labute approximate surface area is 175 Å². The lowest BCUT2D eigenvalue weighted by molar-refractivity contribution is -0.131. The van der Waals surface area contributed by atoms with E-state index in [0.717, 1.165) is 25.8 Å². The summed E-state index contributed by atoms with van der Waals surface area (Å²) in [6.07, 6.45) is 6.79. The number of hydrogen-bond donors (Lipinski definition) is 2. The summed E-state index contributed by atoms with van der Waals surface area (Å²) in [6, 6.07) is 0.282. The number of hydrogen-bond acceptors (Lipinski definition) is 6. The van der Waals surface area contributed by atoms with E-state index >= 15 is 0 Å². The Bertz CT molecular complexity index is 979. The highest BCUT2D eigenvalue weighted by Crippen LogP contribution is 2.33. The van der Waals surface area contributed by atoms with E-state index in [9.17, 15) is 9.59 Å². The molecule has 0 spiro atoms. The fraction of sp³-hybridized carbons (Fsp3) is 0.667. The van der Waals surface area contributed by atoms with Crippen LogP contribution in [0.4, 0.5) is 5.82 Å². The summed E-state index contributed by atoms with van der Waals surface area (Å²) >= 11 is 0. The summed E-state index contributed by atoms with van der Waals surface area (Å²) < 4.78 is 1.84. The molecule has 2 aromatic heterocycles. The molecule has 3 fully saturated rings. The van der Waals surface area contributed by atoms with Gasteiger partial charge >= 0.3 is 0 Å². The summed E-state index contributed by atoms with van der Waals surface area (Å²) in [4.78, 5) is 40.6. The Morgan fingerprint density at radius 1 is 1.20 bits per heavy atom. The van der Waals surface area contributed by atoms with Crippen molar-refractivity contribution in [1.82, 2.24) is 29.7 Å². The fourth-order valence-corrected chi connectivity index (χ4v) is 4.36. The lowest BCUT2D eigenvalue weighted by Crippen LogP contribution is -2.35. The predicted molar refractivity (Wildman–Crippen MR) is 112 cm³/mol. The normalized spacial score (nSPS) is 22.3. The number of rotatable bonds is 7. The molecule has 2 aliphatic carbocycles. The smallest absolute Gasteiger partial charge is 0.287 e. The number of amides is 2. The molecule has 2 saturated carbocycles. The number of imidazole rings is 1. The molecule has 0 unspecified atom stereocenters. The van der Waals surface area contributed by atoms with E-state index in [-0.39, 0.29) is 29.8 Å². The van der Waals surface area contributed by atoms with Crippen LogP contribution in [0.25, 0.3) is 11.2 Å². The van der Waals surface area contributed by atoms with Crippen molar-refractivity contribution in [2.75, 3.05) is 18.4 Å². The minimum absolute atomic E-state index is 0.129. The average molecular weight is 412 g/mol. The zero-order valence-electron chi connectivity index (χ0n) is 17.6. The number of fused-ring (bicyclic) bond motifs is 1. The largest absolute Gasteiger partial charge is 0.364 e. The number of carbonyl (C=O) groups excluding carboxylic acids is 2. The van der Waals surface area contributed by atoms with Crippen LogP contribution in [-0.2, 0) is 11.3 Å². The molecule has 2 atom stereocenters. The minimum atomic E-state index is -0.165. The molecule has 5 rings (SSSR count). The highest BCUT2D eigenvalue weighted by Gasteiger charge is 2.37. The zero-order chi connectivity index (χ0) is 20.8. The minimum Gasteiger partial charge on any atom is -0.364 e. The van der Waals surface area contributed by atoms with Gasteiger partial charge in [-0.2, -0.15) is 0 Å². The Kier molecular flexibility index (Phi) is 4.83. The second kappa shape index (κ2) is 7.52. The van der Waals surface area contributed by atoms with E-state index in [1.165, 1.54) is 19.2 Å². The molecule has 1 aliphatic heterocycles. The van der Waals surface area contributed by atoms with Crippen molar-refractivity contribution in [2.24, 2.45) is 11.8 Å². The number of nitrogens with zero attached hydrogens (tertiary/aromatic N) is 5. The molecule has 160 valence electrons. The maximum atomic E-state index is 12.9. The molecular formula is C21H29N7O2. The Balaban J connectivity index is 1.36. The van der Waals surface area contributed by atoms with Crippen LogP contribution in [0.2, 0.25) is 0 Å². The third-order valence-corrected chi connectivity index (χ3v) is 6.51. The van der Waals surface area contributed by atoms with Crippen molar-refractivity contribution in [2.45, 2.75) is 64.6 Å². The summed E-state index contributed by atoms with van der Waals surface area (Å²) in [6.45, 7) is 6.09. The predicted octanol–water partition coefficient (Wildman–Crippen LogP) is 1.80. The molecule has 3 heterocycles. The van der Waals surface area contributed by atoms with Gasteiger partial charge < -0.3 is 20.1 Å². The summed E-state index contributed by atoms with van der Waals surface area (Å²) in [7, 11) is 0. The molecule has 30 heavy (non-hydrogen) atoms. The molecule has 2 N–H and O–H groups in total. The van der Waals surface area contributed by atoms with E-state index in [0.29, 0.717) is 41.8 Å². The van der Waals surface area contributed by atoms with Crippen LogP contribution in [-0.4, -0.2) is 61.4 Å². The number of carbonyl (C=O) groups is 2. The van der Waals surface area contributed by atoms with Crippen LogP contribution in [0, 0.1) is 11.8 Å². The first-order valence-corrected chi connectivity index (χ1v) is 11.1. The highest BCUT2D eigenvalue weighted by molar-refractivity contribution is 5.96. The van der Waals surface area contributed by atoms with Gasteiger partial charge in [0.1, 0.15) is 6.33 Å². The first kappa shape index (κ1) is 19.3. The molecule has 9 heteroatoms. The van der Waals surface area contributed by atoms with Gasteiger partial charge in [0.05, 0.1) is 0 Å². The average Bonchev–Trinajstić information content (AvgIpc) is 3.66. The standard InChI is InChI=1S/C21H29N7O2/c1-3-28-18-16(26-19(28)20(29)24-12(2)13-4-5-13)17(22-11-23-18)25-15-8-9-27(10-15)21(30)14-6-7-14/h11-15H,3-10H2,1-2H3,(H,24,29)(H,22,23,25)/t12-,15-/m0/s1. The molecular weight excluding hydrogens is 382 g/mol. The van der Waals surface area contributed by atoms with Crippen LogP contribution in [0.15, 0.2) is 6.33 Å². The van der Waals surface area contributed by atoms with Crippen molar-refractivity contribution < 1.29 is 9.59 Å². The van der Waals surface area contributed by atoms with E-state index in [1.807, 2.05) is 16.4 Å². The van der Waals surface area contributed by atoms with Crippen LogP contribution in [0.1, 0.15) is 56.6 Å². The van der Waals surface area contributed by atoms with Crippen LogP contribution in [0.3, 0.4) is 0 Å². The molecule has 3 aliphatic rings. The van der Waals surface area contributed by atoms with Crippen molar-refractivity contribution in [3.8, 4) is 0 Å². The van der Waals surface area contributed by atoms with E-state index < -0.39 is 0 Å². The van der Waals surface area contributed by atoms with Crippen LogP contribution < -0.4 is 10.6 Å². The second-order valence-electron chi connectivity index (χ2n) is 8.86. The second-order valence-corrected chi connectivity index (χ2v) is 8.86. The maximum absolute atomic E-state index is 12.9. The molecule has 1 saturated heterocycles. The Morgan fingerprint density at radius 3 is 2.70 bits per heavy atom. The van der Waals surface area contributed by atoms with Crippen molar-refractivity contribution in [3.05, 3.63) is 12.2 Å². The van der Waals surface area contributed by atoms with E-state index in [2.05, 4.69) is 32.5 Å². The lowest BCUT2D eigenvalue weighted by atomic mass is 10.2. The van der Waals surface area contributed by atoms with Gasteiger partial charge in [0.2, 0.25) is 11.7 Å². The molecule has 0 bridgehead atoms. The number of anilines is 1. The number of aryl methyl sites for hydroxylation is 1. The quantitative estimate of drug-likeness (QED) is 0.720. The summed E-state index contributed by atoms with van der Waals surface area (Å²) in [5.41, 5.74) is 1.26. The molecule has 9 nitrogen and oxygen atoms in total. The summed E-state index contributed by atoms with van der Waals surface area (Å²) in [5, 5.41) is 6.53. The van der Waals surface area contributed by atoms with Gasteiger partial charge in [0.15, 0.2) is 17.0 Å². The first-order chi connectivity index (χ1) is 14.5. The van der Waals surface area contributed by atoms with Crippen molar-refractivity contribution in [3.63, 3.8) is 0 Å². The number of nitrogens with one attached hydrogen (secondary N) is 2. The lowest BCUT2D eigenvalue weighted by Gasteiger charge is -2.17. The van der Waals surface area contributed by atoms with E-state index in [1.54, 1.807) is 0 Å².